The van der Waals surface area contributed by atoms with Gasteiger partial charge in [0.25, 0.3) is 0 Å². The molecule has 1 heterocycles. The van der Waals surface area contributed by atoms with Crippen LogP contribution in [0.3, 0.4) is 0 Å². The normalized spacial score (nSPS) is 21.1. The van der Waals surface area contributed by atoms with Gasteiger partial charge in [0, 0.05) is 18.1 Å². The second kappa shape index (κ2) is 6.66. The predicted octanol–water partition coefficient (Wildman–Crippen LogP) is 2.24. The van der Waals surface area contributed by atoms with E-state index in [1.54, 1.807) is 12.1 Å². The number of hydrogen-bond donors (Lipinski definition) is 1. The van der Waals surface area contributed by atoms with Gasteiger partial charge in [0.15, 0.2) is 0 Å². The van der Waals surface area contributed by atoms with Crippen molar-refractivity contribution in [3.05, 3.63) is 35.6 Å². The van der Waals surface area contributed by atoms with Gasteiger partial charge in [-0.05, 0) is 64.6 Å². The van der Waals surface area contributed by atoms with Crippen LogP contribution >= 0.6 is 0 Å². The second-order valence-electron chi connectivity index (χ2n) is 6.05. The van der Waals surface area contributed by atoms with Crippen LogP contribution in [0.15, 0.2) is 24.3 Å². The van der Waals surface area contributed by atoms with Gasteiger partial charge in [-0.3, -0.25) is 4.90 Å². The lowest BCUT2D eigenvalue weighted by Crippen LogP contribution is -2.48. The van der Waals surface area contributed by atoms with Gasteiger partial charge in [0.2, 0.25) is 0 Å². The molecule has 1 aliphatic heterocycles. The largest absolute Gasteiger partial charge is 0.323 e. The molecule has 2 N–H and O–H groups in total. The van der Waals surface area contributed by atoms with E-state index in [2.05, 4.69) is 30.8 Å². The lowest BCUT2D eigenvalue weighted by atomic mass is 9.96. The van der Waals surface area contributed by atoms with Crippen molar-refractivity contribution in [1.82, 2.24) is 9.80 Å². The van der Waals surface area contributed by atoms with Crippen LogP contribution in [0.5, 0.6) is 0 Å². The van der Waals surface area contributed by atoms with Crippen molar-refractivity contribution in [2.75, 3.05) is 27.2 Å². The minimum Gasteiger partial charge on any atom is -0.323 e. The van der Waals surface area contributed by atoms with Crippen molar-refractivity contribution in [3.63, 3.8) is 0 Å². The SMILES string of the molecule is CC(C(N)c1ccc(F)cc1)N1CCC(N(C)C)CC1. The quantitative estimate of drug-likeness (QED) is 0.917. The molecule has 0 spiro atoms. The summed E-state index contributed by atoms with van der Waals surface area (Å²) in [5.41, 5.74) is 7.35. The third-order valence-electron chi connectivity index (χ3n) is 4.58. The molecule has 2 unspecified atom stereocenters. The number of nitrogens with zero attached hydrogens (tertiary/aromatic N) is 2. The van der Waals surface area contributed by atoms with Crippen LogP contribution in [-0.2, 0) is 0 Å². The highest BCUT2D eigenvalue weighted by Gasteiger charge is 2.27. The second-order valence-corrected chi connectivity index (χ2v) is 6.05. The molecule has 1 aromatic rings. The van der Waals surface area contributed by atoms with Crippen LogP contribution in [0.1, 0.15) is 31.4 Å². The van der Waals surface area contributed by atoms with Crippen molar-refractivity contribution in [1.29, 1.82) is 0 Å². The molecule has 0 bridgehead atoms. The van der Waals surface area contributed by atoms with E-state index in [4.69, 9.17) is 5.73 Å². The van der Waals surface area contributed by atoms with Gasteiger partial charge in [0.1, 0.15) is 5.82 Å². The maximum absolute atomic E-state index is 13.0. The van der Waals surface area contributed by atoms with Crippen molar-refractivity contribution in [2.24, 2.45) is 5.73 Å². The summed E-state index contributed by atoms with van der Waals surface area (Å²) >= 11 is 0. The number of likely N-dealkylation sites (tertiary alicyclic amines) is 1. The molecule has 0 amide bonds. The maximum Gasteiger partial charge on any atom is 0.123 e. The Morgan fingerprint density at radius 1 is 1.20 bits per heavy atom. The first-order valence-electron chi connectivity index (χ1n) is 7.40. The first-order valence-corrected chi connectivity index (χ1v) is 7.40. The molecule has 4 heteroatoms. The highest BCUT2D eigenvalue weighted by Crippen LogP contribution is 2.23. The Labute approximate surface area is 121 Å². The molecule has 0 saturated carbocycles. The number of nitrogens with two attached hydrogens (primary N) is 1. The summed E-state index contributed by atoms with van der Waals surface area (Å²) in [5.74, 6) is -0.208. The summed E-state index contributed by atoms with van der Waals surface area (Å²) in [4.78, 5) is 4.76. The number of benzene rings is 1. The molecule has 1 aromatic carbocycles. The minimum absolute atomic E-state index is 0.0634. The Balaban J connectivity index is 1.94. The van der Waals surface area contributed by atoms with Crippen LogP contribution in [-0.4, -0.2) is 49.1 Å². The highest BCUT2D eigenvalue weighted by molar-refractivity contribution is 5.21. The molecule has 1 fully saturated rings. The summed E-state index contributed by atoms with van der Waals surface area (Å²) in [6, 6.07) is 7.46. The van der Waals surface area contributed by atoms with Crippen molar-refractivity contribution >= 4 is 0 Å². The zero-order valence-corrected chi connectivity index (χ0v) is 12.7. The summed E-state index contributed by atoms with van der Waals surface area (Å²) in [5, 5.41) is 0. The molecule has 2 atom stereocenters. The first kappa shape index (κ1) is 15.4. The van der Waals surface area contributed by atoms with Crippen molar-refractivity contribution < 1.29 is 4.39 Å². The molecular weight excluding hydrogens is 253 g/mol. The van der Waals surface area contributed by atoms with Crippen LogP contribution in [0.4, 0.5) is 4.39 Å². The molecule has 3 nitrogen and oxygen atoms in total. The summed E-state index contributed by atoms with van der Waals surface area (Å²) in [6.07, 6.45) is 2.38. The van der Waals surface area contributed by atoms with Gasteiger partial charge >= 0.3 is 0 Å². The molecule has 0 aromatic heterocycles. The fraction of sp³-hybridized carbons (Fsp3) is 0.625. The van der Waals surface area contributed by atoms with Gasteiger partial charge in [-0.25, -0.2) is 4.39 Å². The Hall–Kier alpha value is -0.970. The molecule has 1 saturated heterocycles. The molecule has 112 valence electrons. The molecule has 20 heavy (non-hydrogen) atoms. The fourth-order valence-electron chi connectivity index (χ4n) is 3.00. The highest BCUT2D eigenvalue weighted by atomic mass is 19.1. The van der Waals surface area contributed by atoms with E-state index in [0.29, 0.717) is 6.04 Å². The smallest absolute Gasteiger partial charge is 0.123 e. The van der Waals surface area contributed by atoms with E-state index < -0.39 is 0 Å². The third-order valence-corrected chi connectivity index (χ3v) is 4.58. The van der Waals surface area contributed by atoms with Gasteiger partial charge < -0.3 is 10.6 Å². The third kappa shape index (κ3) is 3.57. The van der Waals surface area contributed by atoms with Crippen LogP contribution in [0.25, 0.3) is 0 Å². The van der Waals surface area contributed by atoms with E-state index in [1.165, 1.54) is 25.0 Å². The lowest BCUT2D eigenvalue weighted by Gasteiger charge is -2.40. The average Bonchev–Trinajstić information content (AvgIpc) is 2.46. The van der Waals surface area contributed by atoms with Crippen molar-refractivity contribution in [2.45, 2.75) is 37.9 Å². The first-order chi connectivity index (χ1) is 9.49. The van der Waals surface area contributed by atoms with Gasteiger partial charge in [0.05, 0.1) is 0 Å². The van der Waals surface area contributed by atoms with Crippen molar-refractivity contribution in [3.8, 4) is 0 Å². The van der Waals surface area contributed by atoms with Crippen LogP contribution < -0.4 is 5.73 Å². The number of hydrogen-bond acceptors (Lipinski definition) is 3. The molecular formula is C16H26FN3. The van der Waals surface area contributed by atoms with E-state index >= 15 is 0 Å². The van der Waals surface area contributed by atoms with Gasteiger partial charge in [-0.15, -0.1) is 0 Å². The zero-order chi connectivity index (χ0) is 14.7. The summed E-state index contributed by atoms with van der Waals surface area (Å²) < 4.78 is 13.0. The van der Waals surface area contributed by atoms with Gasteiger partial charge in [-0.1, -0.05) is 12.1 Å². The van der Waals surface area contributed by atoms with Gasteiger partial charge in [-0.2, -0.15) is 0 Å². The van der Waals surface area contributed by atoms with E-state index in [-0.39, 0.29) is 17.9 Å². The predicted molar refractivity (Wildman–Crippen MR) is 81.1 cm³/mol. The number of rotatable bonds is 4. The molecule has 2 rings (SSSR count). The van der Waals surface area contributed by atoms with Crippen LogP contribution in [0, 0.1) is 5.82 Å². The van der Waals surface area contributed by atoms with Crippen LogP contribution in [0.2, 0.25) is 0 Å². The fourth-order valence-corrected chi connectivity index (χ4v) is 3.00. The molecule has 0 radical (unpaired) electrons. The summed E-state index contributed by atoms with van der Waals surface area (Å²) in [7, 11) is 4.29. The minimum atomic E-state index is -0.208. The maximum atomic E-state index is 13.0. The van der Waals surface area contributed by atoms with E-state index in [1.807, 2.05) is 0 Å². The monoisotopic (exact) mass is 279 g/mol. The zero-order valence-electron chi connectivity index (χ0n) is 12.7. The molecule has 0 aliphatic carbocycles. The Morgan fingerprint density at radius 3 is 2.25 bits per heavy atom. The molecule has 1 aliphatic rings. The number of halogens is 1. The average molecular weight is 279 g/mol. The Kier molecular flexibility index (Phi) is 5.13. The summed E-state index contributed by atoms with van der Waals surface area (Å²) in [6.45, 7) is 4.34. The lowest BCUT2D eigenvalue weighted by molar-refractivity contribution is 0.103. The number of piperidine rings is 1. The Morgan fingerprint density at radius 2 is 1.75 bits per heavy atom. The topological polar surface area (TPSA) is 32.5 Å². The van der Waals surface area contributed by atoms with E-state index in [0.717, 1.165) is 18.7 Å². The Bertz CT molecular complexity index is 410. The van der Waals surface area contributed by atoms with E-state index in [9.17, 15) is 4.39 Å². The standard InChI is InChI=1S/C16H26FN3/c1-12(16(18)13-4-6-14(17)7-5-13)20-10-8-15(9-11-20)19(2)3/h4-7,12,15-16H,8-11,18H2,1-3H3.